The molecule has 5 nitrogen and oxygen atoms in total. The number of hydrogen-bond acceptors (Lipinski definition) is 3. The Hall–Kier alpha value is -2.04. The Bertz CT molecular complexity index is 628. The number of para-hydroxylation sites is 1. The van der Waals surface area contributed by atoms with Crippen LogP contribution in [0.1, 0.15) is 26.3 Å². The topological polar surface area (TPSA) is 49.9 Å². The Morgan fingerprint density at radius 3 is 2.33 bits per heavy atom. The molecule has 5 heteroatoms. The zero-order valence-electron chi connectivity index (χ0n) is 14.7. The van der Waals surface area contributed by atoms with Crippen molar-refractivity contribution in [2.75, 3.05) is 32.8 Å². The van der Waals surface area contributed by atoms with Gasteiger partial charge in [0.05, 0.1) is 5.92 Å². The largest absolute Gasteiger partial charge is 0.492 e. The van der Waals surface area contributed by atoms with Crippen LogP contribution < -0.4 is 4.74 Å². The predicted molar refractivity (Wildman–Crippen MR) is 91.7 cm³/mol. The molecule has 24 heavy (non-hydrogen) atoms. The van der Waals surface area contributed by atoms with Crippen LogP contribution in [0, 0.1) is 11.3 Å². The van der Waals surface area contributed by atoms with E-state index < -0.39 is 0 Å². The molecule has 3 rings (SSSR count). The van der Waals surface area contributed by atoms with Crippen LogP contribution in [0.5, 0.6) is 5.75 Å². The standard InChI is InChI=1S/C19H26N2O3/c1-19(2,3)18(23)21-10-8-20(9-11-21)17(22)15-12-14-6-4-5-7-16(14)24-13-15/h4-7,15H,8-13H2,1-3H3. The lowest BCUT2D eigenvalue weighted by atomic mass is 9.94. The molecule has 0 radical (unpaired) electrons. The predicted octanol–water partition coefficient (Wildman–Crippen LogP) is 1.95. The second-order valence-electron chi connectivity index (χ2n) is 7.69. The maximum absolute atomic E-state index is 12.8. The van der Waals surface area contributed by atoms with Gasteiger partial charge in [-0.2, -0.15) is 0 Å². The van der Waals surface area contributed by atoms with Gasteiger partial charge < -0.3 is 14.5 Å². The highest BCUT2D eigenvalue weighted by Gasteiger charge is 2.34. The van der Waals surface area contributed by atoms with Crippen LogP contribution in [0.3, 0.4) is 0 Å². The number of amides is 2. The summed E-state index contributed by atoms with van der Waals surface area (Å²) in [6.07, 6.45) is 0.732. The lowest BCUT2D eigenvalue weighted by Crippen LogP contribution is -2.54. The number of hydrogen-bond donors (Lipinski definition) is 0. The van der Waals surface area contributed by atoms with E-state index in [4.69, 9.17) is 4.74 Å². The van der Waals surface area contributed by atoms with E-state index in [1.165, 1.54) is 0 Å². The summed E-state index contributed by atoms with van der Waals surface area (Å²) in [4.78, 5) is 28.9. The number of ether oxygens (including phenoxy) is 1. The maximum Gasteiger partial charge on any atom is 0.229 e. The molecule has 1 aromatic carbocycles. The number of nitrogens with zero attached hydrogens (tertiary/aromatic N) is 2. The van der Waals surface area contributed by atoms with Gasteiger partial charge in [-0.3, -0.25) is 9.59 Å². The third kappa shape index (κ3) is 3.40. The highest BCUT2D eigenvalue weighted by atomic mass is 16.5. The van der Waals surface area contributed by atoms with Gasteiger partial charge in [0.25, 0.3) is 0 Å². The molecule has 1 unspecified atom stereocenters. The molecule has 130 valence electrons. The first kappa shape index (κ1) is 16.8. The van der Waals surface area contributed by atoms with Crippen molar-refractivity contribution in [1.29, 1.82) is 0 Å². The highest BCUT2D eigenvalue weighted by molar-refractivity contribution is 5.83. The Morgan fingerprint density at radius 2 is 1.67 bits per heavy atom. The third-order valence-electron chi connectivity index (χ3n) is 4.75. The molecule has 2 aliphatic heterocycles. The summed E-state index contributed by atoms with van der Waals surface area (Å²) in [6, 6.07) is 7.90. The molecule has 1 fully saturated rings. The van der Waals surface area contributed by atoms with E-state index in [1.807, 2.05) is 54.8 Å². The molecule has 1 atom stereocenters. The highest BCUT2D eigenvalue weighted by Crippen LogP contribution is 2.28. The van der Waals surface area contributed by atoms with E-state index in [2.05, 4.69) is 0 Å². The number of rotatable bonds is 1. The number of piperazine rings is 1. The summed E-state index contributed by atoms with van der Waals surface area (Å²) < 4.78 is 5.74. The summed E-state index contributed by atoms with van der Waals surface area (Å²) in [5.74, 6) is 1.07. The van der Waals surface area contributed by atoms with Gasteiger partial charge in [-0.25, -0.2) is 0 Å². The van der Waals surface area contributed by atoms with Crippen LogP contribution in [-0.2, 0) is 16.0 Å². The molecule has 0 saturated carbocycles. The summed E-state index contributed by atoms with van der Waals surface area (Å²) in [5.41, 5.74) is 0.733. The van der Waals surface area contributed by atoms with E-state index in [0.717, 1.165) is 17.7 Å². The first-order valence-corrected chi connectivity index (χ1v) is 8.65. The van der Waals surface area contributed by atoms with Gasteiger partial charge in [-0.05, 0) is 18.1 Å². The Labute approximate surface area is 143 Å². The fourth-order valence-electron chi connectivity index (χ4n) is 3.35. The normalized spacial score (nSPS) is 21.0. The smallest absolute Gasteiger partial charge is 0.229 e. The minimum absolute atomic E-state index is 0.121. The van der Waals surface area contributed by atoms with E-state index in [-0.39, 0.29) is 23.1 Å². The average molecular weight is 330 g/mol. The van der Waals surface area contributed by atoms with Crippen molar-refractivity contribution in [2.24, 2.45) is 11.3 Å². The van der Waals surface area contributed by atoms with Crippen LogP contribution in [-0.4, -0.2) is 54.4 Å². The van der Waals surface area contributed by atoms with Gasteiger partial charge in [0.1, 0.15) is 12.4 Å². The Morgan fingerprint density at radius 1 is 1.04 bits per heavy atom. The Balaban J connectivity index is 1.57. The van der Waals surface area contributed by atoms with Gasteiger partial charge in [-0.15, -0.1) is 0 Å². The van der Waals surface area contributed by atoms with E-state index in [0.29, 0.717) is 32.8 Å². The first-order chi connectivity index (χ1) is 11.4. The zero-order valence-corrected chi connectivity index (χ0v) is 14.7. The molecule has 0 N–H and O–H groups in total. The summed E-state index contributed by atoms with van der Waals surface area (Å²) >= 11 is 0. The molecule has 2 heterocycles. The van der Waals surface area contributed by atoms with Crippen LogP contribution >= 0.6 is 0 Å². The molecular formula is C19H26N2O3. The third-order valence-corrected chi connectivity index (χ3v) is 4.75. The molecule has 0 bridgehead atoms. The van der Waals surface area contributed by atoms with Crippen LogP contribution in [0.4, 0.5) is 0 Å². The molecule has 0 aliphatic carbocycles. The minimum atomic E-state index is -0.368. The summed E-state index contributed by atoms with van der Waals surface area (Å²) in [5, 5.41) is 0. The lowest BCUT2D eigenvalue weighted by Gasteiger charge is -2.39. The molecule has 0 aromatic heterocycles. The monoisotopic (exact) mass is 330 g/mol. The maximum atomic E-state index is 12.8. The summed E-state index contributed by atoms with van der Waals surface area (Å²) in [7, 11) is 0. The lowest BCUT2D eigenvalue weighted by molar-refractivity contribution is -0.147. The van der Waals surface area contributed by atoms with Gasteiger partial charge >= 0.3 is 0 Å². The quantitative estimate of drug-likeness (QED) is 0.791. The number of carbonyl (C=O) groups is 2. The fraction of sp³-hybridized carbons (Fsp3) is 0.579. The zero-order chi connectivity index (χ0) is 17.3. The van der Waals surface area contributed by atoms with Crippen molar-refractivity contribution >= 4 is 11.8 Å². The van der Waals surface area contributed by atoms with Crippen molar-refractivity contribution in [2.45, 2.75) is 27.2 Å². The van der Waals surface area contributed by atoms with Gasteiger partial charge in [-0.1, -0.05) is 39.0 Å². The van der Waals surface area contributed by atoms with E-state index in [1.54, 1.807) is 0 Å². The van der Waals surface area contributed by atoms with Gasteiger partial charge in [0.15, 0.2) is 0 Å². The van der Waals surface area contributed by atoms with Crippen LogP contribution in [0.15, 0.2) is 24.3 Å². The van der Waals surface area contributed by atoms with Crippen molar-refractivity contribution in [1.82, 2.24) is 9.80 Å². The van der Waals surface area contributed by atoms with E-state index >= 15 is 0 Å². The van der Waals surface area contributed by atoms with Crippen molar-refractivity contribution in [3.63, 3.8) is 0 Å². The second-order valence-corrected chi connectivity index (χ2v) is 7.69. The number of fused-ring (bicyclic) bond motifs is 1. The number of benzene rings is 1. The fourth-order valence-corrected chi connectivity index (χ4v) is 3.35. The van der Waals surface area contributed by atoms with Gasteiger partial charge in [0.2, 0.25) is 11.8 Å². The molecule has 2 aliphatic rings. The SMILES string of the molecule is CC(C)(C)C(=O)N1CCN(C(=O)C2COc3ccccc3C2)CC1. The van der Waals surface area contributed by atoms with Crippen LogP contribution in [0.2, 0.25) is 0 Å². The summed E-state index contributed by atoms with van der Waals surface area (Å²) in [6.45, 7) is 8.70. The van der Waals surface area contributed by atoms with Crippen molar-refractivity contribution in [3.8, 4) is 5.75 Å². The minimum Gasteiger partial charge on any atom is -0.492 e. The molecule has 1 aromatic rings. The second kappa shape index (κ2) is 6.46. The van der Waals surface area contributed by atoms with Crippen molar-refractivity contribution in [3.05, 3.63) is 29.8 Å². The van der Waals surface area contributed by atoms with Crippen LogP contribution in [0.25, 0.3) is 0 Å². The number of carbonyl (C=O) groups excluding carboxylic acids is 2. The van der Waals surface area contributed by atoms with Gasteiger partial charge in [0, 0.05) is 31.6 Å². The average Bonchev–Trinajstić information content (AvgIpc) is 2.59. The molecule has 1 saturated heterocycles. The van der Waals surface area contributed by atoms with Crippen molar-refractivity contribution < 1.29 is 14.3 Å². The molecular weight excluding hydrogens is 304 g/mol. The first-order valence-electron chi connectivity index (χ1n) is 8.65. The van der Waals surface area contributed by atoms with E-state index in [9.17, 15) is 9.59 Å². The molecule has 0 spiro atoms. The molecule has 2 amide bonds. The Kier molecular flexibility index (Phi) is 4.52.